The van der Waals surface area contributed by atoms with Crippen LogP contribution >= 0.6 is 35.7 Å². The molecule has 4 nitrogen and oxygen atoms in total. The van der Waals surface area contributed by atoms with E-state index >= 15 is 0 Å². The van der Waals surface area contributed by atoms with Crippen LogP contribution in [0.25, 0.3) is 0 Å². The average molecular weight is 526 g/mol. The standard InChI is InChI=1S/C23H31N3OS.HI/c1-24-23(26-21-12-13-22(14-21)28-2)25-15-18-8-10-20(11-9-18)17-27-16-19-6-4-3-5-7-19;/h3-11,21-22H,12-17H2,1-2H3,(H2,24,25,26);1H. The van der Waals surface area contributed by atoms with Crippen LogP contribution in [0.15, 0.2) is 59.6 Å². The van der Waals surface area contributed by atoms with Crippen LogP contribution in [0.5, 0.6) is 0 Å². The van der Waals surface area contributed by atoms with Crippen molar-refractivity contribution in [2.45, 2.75) is 50.3 Å². The second-order valence-corrected chi connectivity index (χ2v) is 8.37. The summed E-state index contributed by atoms with van der Waals surface area (Å²) >= 11 is 1.98. The van der Waals surface area contributed by atoms with Crippen molar-refractivity contribution in [1.82, 2.24) is 10.6 Å². The topological polar surface area (TPSA) is 45.7 Å². The minimum atomic E-state index is 0. The first-order chi connectivity index (χ1) is 13.8. The van der Waals surface area contributed by atoms with Gasteiger partial charge in [-0.1, -0.05) is 54.6 Å². The number of guanidine groups is 1. The summed E-state index contributed by atoms with van der Waals surface area (Å²) in [4.78, 5) is 4.37. The Kier molecular flexibility index (Phi) is 10.9. The molecule has 2 aromatic rings. The fourth-order valence-corrected chi connectivity index (χ4v) is 4.27. The first-order valence-electron chi connectivity index (χ1n) is 9.96. The molecule has 1 saturated carbocycles. The van der Waals surface area contributed by atoms with Crippen LogP contribution in [0.3, 0.4) is 0 Å². The monoisotopic (exact) mass is 525 g/mol. The normalized spacial score (nSPS) is 18.9. The zero-order chi connectivity index (χ0) is 19.6. The van der Waals surface area contributed by atoms with Gasteiger partial charge in [0.15, 0.2) is 5.96 Å². The van der Waals surface area contributed by atoms with E-state index in [1.807, 2.05) is 37.0 Å². The summed E-state index contributed by atoms with van der Waals surface area (Å²) in [6, 6.07) is 19.4. The Hall–Kier alpha value is -1.25. The lowest BCUT2D eigenvalue weighted by atomic mass is 10.1. The van der Waals surface area contributed by atoms with Gasteiger partial charge in [-0.05, 0) is 42.2 Å². The number of hydrogen-bond donors (Lipinski definition) is 2. The minimum Gasteiger partial charge on any atom is -0.372 e. The van der Waals surface area contributed by atoms with E-state index in [-0.39, 0.29) is 24.0 Å². The zero-order valence-corrected chi connectivity index (χ0v) is 20.4. The van der Waals surface area contributed by atoms with Crippen molar-refractivity contribution in [1.29, 1.82) is 0 Å². The van der Waals surface area contributed by atoms with Crippen LogP contribution < -0.4 is 10.6 Å². The Labute approximate surface area is 196 Å². The smallest absolute Gasteiger partial charge is 0.191 e. The Morgan fingerprint density at radius 2 is 1.66 bits per heavy atom. The van der Waals surface area contributed by atoms with Gasteiger partial charge in [-0.15, -0.1) is 24.0 Å². The number of benzene rings is 2. The maximum Gasteiger partial charge on any atom is 0.191 e. The highest BCUT2D eigenvalue weighted by atomic mass is 127. The van der Waals surface area contributed by atoms with Crippen LogP contribution in [-0.4, -0.2) is 30.6 Å². The van der Waals surface area contributed by atoms with Crippen molar-refractivity contribution in [3.05, 3.63) is 71.3 Å². The van der Waals surface area contributed by atoms with Crippen LogP contribution in [-0.2, 0) is 24.5 Å². The van der Waals surface area contributed by atoms with Crippen molar-refractivity contribution in [3.63, 3.8) is 0 Å². The van der Waals surface area contributed by atoms with Gasteiger partial charge in [0.25, 0.3) is 0 Å². The number of halogens is 1. The summed E-state index contributed by atoms with van der Waals surface area (Å²) < 4.78 is 5.81. The molecule has 0 heterocycles. The predicted molar refractivity (Wildman–Crippen MR) is 135 cm³/mol. The highest BCUT2D eigenvalue weighted by molar-refractivity contribution is 14.0. The van der Waals surface area contributed by atoms with Crippen molar-refractivity contribution in [2.75, 3.05) is 13.3 Å². The van der Waals surface area contributed by atoms with E-state index in [9.17, 15) is 0 Å². The highest BCUT2D eigenvalue weighted by Gasteiger charge is 2.24. The van der Waals surface area contributed by atoms with Crippen LogP contribution in [0, 0.1) is 0 Å². The molecule has 0 bridgehead atoms. The molecule has 3 rings (SSSR count). The van der Waals surface area contributed by atoms with Crippen LogP contribution in [0.2, 0.25) is 0 Å². The summed E-state index contributed by atoms with van der Waals surface area (Å²) in [5.74, 6) is 0.891. The second-order valence-electron chi connectivity index (χ2n) is 7.23. The molecule has 0 radical (unpaired) electrons. The number of hydrogen-bond acceptors (Lipinski definition) is 3. The van der Waals surface area contributed by atoms with E-state index < -0.39 is 0 Å². The summed E-state index contributed by atoms with van der Waals surface area (Å²) in [6.45, 7) is 2.04. The molecule has 0 aromatic heterocycles. The molecule has 0 amide bonds. The van der Waals surface area contributed by atoms with Gasteiger partial charge < -0.3 is 15.4 Å². The highest BCUT2D eigenvalue weighted by Crippen LogP contribution is 2.28. The van der Waals surface area contributed by atoms with Gasteiger partial charge in [-0.25, -0.2) is 0 Å². The Morgan fingerprint density at radius 1 is 1.00 bits per heavy atom. The van der Waals surface area contributed by atoms with Gasteiger partial charge in [0.1, 0.15) is 0 Å². The SMILES string of the molecule is CN=C(NCc1ccc(COCc2ccccc2)cc1)NC1CCC(SC)C1.I. The molecular weight excluding hydrogens is 493 g/mol. The second kappa shape index (κ2) is 13.1. The van der Waals surface area contributed by atoms with E-state index in [2.05, 4.69) is 58.3 Å². The fraction of sp³-hybridized carbons (Fsp3) is 0.435. The van der Waals surface area contributed by atoms with E-state index in [1.54, 1.807) is 0 Å². The van der Waals surface area contributed by atoms with Gasteiger partial charge in [-0.3, -0.25) is 4.99 Å². The molecule has 2 aromatic carbocycles. The Balaban J connectivity index is 0.00000300. The molecule has 2 atom stereocenters. The number of aliphatic imine (C=N–C) groups is 1. The molecule has 6 heteroatoms. The predicted octanol–water partition coefficient (Wildman–Crippen LogP) is 4.97. The van der Waals surface area contributed by atoms with Gasteiger partial charge in [0.2, 0.25) is 0 Å². The summed E-state index contributed by atoms with van der Waals surface area (Å²) in [5.41, 5.74) is 3.63. The van der Waals surface area contributed by atoms with Crippen LogP contribution in [0.1, 0.15) is 36.0 Å². The van der Waals surface area contributed by atoms with Crippen molar-refractivity contribution in [2.24, 2.45) is 4.99 Å². The van der Waals surface area contributed by atoms with E-state index in [0.717, 1.165) is 17.8 Å². The summed E-state index contributed by atoms with van der Waals surface area (Å²) in [6.07, 6.45) is 5.95. The third-order valence-corrected chi connectivity index (χ3v) is 6.24. The first kappa shape index (κ1) is 24.0. The van der Waals surface area contributed by atoms with Crippen molar-refractivity contribution >= 4 is 41.7 Å². The molecule has 2 unspecified atom stereocenters. The Bertz CT molecular complexity index is 740. The van der Waals surface area contributed by atoms with E-state index in [0.29, 0.717) is 19.3 Å². The lowest BCUT2D eigenvalue weighted by Gasteiger charge is -2.17. The van der Waals surface area contributed by atoms with Gasteiger partial charge in [-0.2, -0.15) is 11.8 Å². The summed E-state index contributed by atoms with van der Waals surface area (Å²) in [5, 5.41) is 7.78. The zero-order valence-electron chi connectivity index (χ0n) is 17.3. The largest absolute Gasteiger partial charge is 0.372 e. The Morgan fingerprint density at radius 3 is 2.28 bits per heavy atom. The number of nitrogens with zero attached hydrogens (tertiary/aromatic N) is 1. The van der Waals surface area contributed by atoms with E-state index in [1.165, 1.54) is 36.0 Å². The third kappa shape index (κ3) is 8.18. The van der Waals surface area contributed by atoms with E-state index in [4.69, 9.17) is 4.74 Å². The lowest BCUT2D eigenvalue weighted by Crippen LogP contribution is -2.42. The molecule has 0 saturated heterocycles. The van der Waals surface area contributed by atoms with Crippen molar-refractivity contribution < 1.29 is 4.74 Å². The molecular formula is C23H32IN3OS. The van der Waals surface area contributed by atoms with Gasteiger partial charge >= 0.3 is 0 Å². The average Bonchev–Trinajstić information content (AvgIpc) is 3.20. The number of rotatable bonds is 8. The molecule has 0 spiro atoms. The van der Waals surface area contributed by atoms with Gasteiger partial charge in [0.05, 0.1) is 13.2 Å². The molecule has 1 fully saturated rings. The molecule has 29 heavy (non-hydrogen) atoms. The summed E-state index contributed by atoms with van der Waals surface area (Å²) in [7, 11) is 1.84. The maximum atomic E-state index is 5.81. The number of nitrogens with one attached hydrogen (secondary N) is 2. The molecule has 0 aliphatic heterocycles. The number of ether oxygens (including phenoxy) is 1. The molecule has 1 aliphatic carbocycles. The molecule has 2 N–H and O–H groups in total. The molecule has 158 valence electrons. The first-order valence-corrected chi connectivity index (χ1v) is 11.2. The third-order valence-electron chi connectivity index (χ3n) is 5.15. The maximum absolute atomic E-state index is 5.81. The fourth-order valence-electron chi connectivity index (χ4n) is 3.47. The lowest BCUT2D eigenvalue weighted by molar-refractivity contribution is 0.107. The van der Waals surface area contributed by atoms with Crippen LogP contribution in [0.4, 0.5) is 0 Å². The van der Waals surface area contributed by atoms with Crippen molar-refractivity contribution in [3.8, 4) is 0 Å². The minimum absolute atomic E-state index is 0. The molecule has 1 aliphatic rings. The number of thioether (sulfide) groups is 1. The quantitative estimate of drug-likeness (QED) is 0.290. The van der Waals surface area contributed by atoms with Gasteiger partial charge in [0, 0.05) is 24.9 Å².